The quantitative estimate of drug-likeness (QED) is 0.776. The highest BCUT2D eigenvalue weighted by molar-refractivity contribution is 5.95. The average Bonchev–Trinajstić information content (AvgIpc) is 3.11. The van der Waals surface area contributed by atoms with E-state index in [9.17, 15) is 14.4 Å². The van der Waals surface area contributed by atoms with Crippen LogP contribution >= 0.6 is 0 Å². The summed E-state index contributed by atoms with van der Waals surface area (Å²) in [5, 5.41) is 3.64. The van der Waals surface area contributed by atoms with Crippen molar-refractivity contribution >= 4 is 28.9 Å². The molecule has 0 spiro atoms. The van der Waals surface area contributed by atoms with Crippen molar-refractivity contribution in [1.29, 1.82) is 0 Å². The van der Waals surface area contributed by atoms with Crippen LogP contribution in [-0.2, 0) is 19.1 Å². The first-order valence-electron chi connectivity index (χ1n) is 9.72. The Morgan fingerprint density at radius 1 is 1.14 bits per heavy atom. The predicted molar refractivity (Wildman–Crippen MR) is 109 cm³/mol. The van der Waals surface area contributed by atoms with Gasteiger partial charge in [0.25, 0.3) is 5.91 Å². The topological polar surface area (TPSA) is 86.6 Å². The highest BCUT2D eigenvalue weighted by Crippen LogP contribution is 2.35. The number of hydrogen-bond acceptors (Lipinski definition) is 5. The second kappa shape index (κ2) is 7.21. The second-order valence-corrected chi connectivity index (χ2v) is 9.40. The number of para-hydroxylation sites is 1. The van der Waals surface area contributed by atoms with Gasteiger partial charge in [0.2, 0.25) is 0 Å². The summed E-state index contributed by atoms with van der Waals surface area (Å²) in [6.45, 7) is 10.9. The molecule has 0 radical (unpaired) electrons. The van der Waals surface area contributed by atoms with Gasteiger partial charge < -0.3 is 14.8 Å². The largest absolute Gasteiger partial charge is 0.452 e. The van der Waals surface area contributed by atoms with Crippen LogP contribution in [0.4, 0.5) is 4.79 Å². The molecule has 1 saturated heterocycles. The van der Waals surface area contributed by atoms with Crippen LogP contribution in [-0.4, -0.2) is 39.8 Å². The van der Waals surface area contributed by atoms with E-state index in [2.05, 4.69) is 5.32 Å². The summed E-state index contributed by atoms with van der Waals surface area (Å²) in [5.41, 5.74) is -0.0125. The molecule has 7 heteroatoms. The number of aromatic nitrogens is 1. The molecule has 156 valence electrons. The van der Waals surface area contributed by atoms with E-state index in [0.717, 1.165) is 5.39 Å². The van der Waals surface area contributed by atoms with Crippen molar-refractivity contribution in [2.45, 2.75) is 71.1 Å². The summed E-state index contributed by atoms with van der Waals surface area (Å²) in [7, 11) is 0. The third-order valence-electron chi connectivity index (χ3n) is 4.46. The zero-order valence-electron chi connectivity index (χ0n) is 17.7. The van der Waals surface area contributed by atoms with E-state index in [4.69, 9.17) is 9.47 Å². The number of ether oxygens (including phenoxy) is 2. The maximum atomic E-state index is 12.9. The van der Waals surface area contributed by atoms with Crippen LogP contribution in [0.5, 0.6) is 0 Å². The Bertz CT molecular complexity index is 962. The van der Waals surface area contributed by atoms with E-state index < -0.39 is 35.2 Å². The van der Waals surface area contributed by atoms with Crippen molar-refractivity contribution in [3.05, 3.63) is 36.0 Å². The van der Waals surface area contributed by atoms with Gasteiger partial charge in [0.15, 0.2) is 6.10 Å². The maximum absolute atomic E-state index is 12.9. The van der Waals surface area contributed by atoms with Crippen molar-refractivity contribution in [1.82, 2.24) is 9.88 Å². The van der Waals surface area contributed by atoms with Crippen LogP contribution in [0, 0.1) is 0 Å². The van der Waals surface area contributed by atoms with Gasteiger partial charge in [-0.2, -0.15) is 0 Å². The number of benzene rings is 1. The van der Waals surface area contributed by atoms with Crippen LogP contribution in [0.25, 0.3) is 10.9 Å². The number of cyclic esters (lactones) is 1. The summed E-state index contributed by atoms with van der Waals surface area (Å²) in [6, 6.07) is 9.13. The number of rotatable bonds is 2. The normalized spacial score (nSPS) is 19.9. The molecule has 7 nitrogen and oxygen atoms in total. The molecular formula is C22H28N2O5. The molecule has 3 rings (SSSR count). The molecule has 1 fully saturated rings. The minimum absolute atomic E-state index is 0.167. The lowest BCUT2D eigenvalue weighted by Crippen LogP contribution is -2.45. The summed E-state index contributed by atoms with van der Waals surface area (Å²) >= 11 is 0. The molecule has 0 unspecified atom stereocenters. The van der Waals surface area contributed by atoms with Crippen molar-refractivity contribution in [2.24, 2.45) is 0 Å². The van der Waals surface area contributed by atoms with E-state index in [-0.39, 0.29) is 12.3 Å². The molecule has 1 aromatic carbocycles. The fourth-order valence-electron chi connectivity index (χ4n) is 3.38. The fraction of sp³-hybridized carbons (Fsp3) is 0.500. The SMILES string of the molecule is CC(C)(C)NC(=O)[C@H]1C[C@H](c2cc3ccccc3n2C(=O)OC(C)(C)C)C(=O)O1. The number of esters is 1. The van der Waals surface area contributed by atoms with E-state index in [0.29, 0.717) is 11.2 Å². The number of nitrogens with one attached hydrogen (secondary N) is 1. The van der Waals surface area contributed by atoms with E-state index in [1.807, 2.05) is 39.0 Å². The van der Waals surface area contributed by atoms with Crippen LogP contribution in [0.3, 0.4) is 0 Å². The Hall–Kier alpha value is -2.83. The predicted octanol–water partition coefficient (Wildman–Crippen LogP) is 3.74. The van der Waals surface area contributed by atoms with Gasteiger partial charge in [0.05, 0.1) is 5.52 Å². The van der Waals surface area contributed by atoms with Crippen LogP contribution in [0.15, 0.2) is 30.3 Å². The molecule has 1 aliphatic heterocycles. The minimum Gasteiger partial charge on any atom is -0.452 e. The number of amides is 1. The third kappa shape index (κ3) is 4.60. The molecule has 2 heterocycles. The summed E-state index contributed by atoms with van der Waals surface area (Å²) in [4.78, 5) is 38.0. The first kappa shape index (κ1) is 20.9. The Morgan fingerprint density at radius 3 is 2.41 bits per heavy atom. The van der Waals surface area contributed by atoms with E-state index in [1.54, 1.807) is 32.9 Å². The lowest BCUT2D eigenvalue weighted by Gasteiger charge is -2.22. The van der Waals surface area contributed by atoms with Gasteiger partial charge in [-0.25, -0.2) is 9.36 Å². The second-order valence-electron chi connectivity index (χ2n) is 9.40. The van der Waals surface area contributed by atoms with Crippen LogP contribution in [0.1, 0.15) is 59.6 Å². The van der Waals surface area contributed by atoms with Gasteiger partial charge in [-0.1, -0.05) is 18.2 Å². The van der Waals surface area contributed by atoms with E-state index in [1.165, 1.54) is 4.57 Å². The van der Waals surface area contributed by atoms with Crippen LogP contribution < -0.4 is 5.32 Å². The Balaban J connectivity index is 1.97. The molecule has 29 heavy (non-hydrogen) atoms. The summed E-state index contributed by atoms with van der Waals surface area (Å²) in [6.07, 6.45) is -1.29. The molecule has 1 aliphatic rings. The minimum atomic E-state index is -0.892. The zero-order valence-corrected chi connectivity index (χ0v) is 17.7. The molecule has 1 amide bonds. The molecule has 0 saturated carbocycles. The molecule has 2 atom stereocenters. The number of hydrogen-bond donors (Lipinski definition) is 1. The monoisotopic (exact) mass is 400 g/mol. The van der Waals surface area contributed by atoms with Crippen LogP contribution in [0.2, 0.25) is 0 Å². The standard InChI is InChI=1S/C22H28N2O5/c1-21(2,3)23-18(25)17-12-14(19(26)28-17)16-11-13-9-7-8-10-15(13)24(16)20(27)29-22(4,5)6/h7-11,14,17H,12H2,1-6H3,(H,23,25)/t14-,17-/m1/s1. The van der Waals surface area contributed by atoms with Crippen molar-refractivity contribution in [2.75, 3.05) is 0 Å². The summed E-state index contributed by atoms with van der Waals surface area (Å²) in [5.74, 6) is -1.59. The number of carbonyl (C=O) groups is 3. The lowest BCUT2D eigenvalue weighted by atomic mass is 9.99. The molecule has 1 aromatic heterocycles. The third-order valence-corrected chi connectivity index (χ3v) is 4.46. The number of nitrogens with zero attached hydrogens (tertiary/aromatic N) is 1. The number of fused-ring (bicyclic) bond motifs is 1. The smallest absolute Gasteiger partial charge is 0.419 e. The molecule has 2 aromatic rings. The van der Waals surface area contributed by atoms with E-state index >= 15 is 0 Å². The first-order chi connectivity index (χ1) is 13.4. The first-order valence-corrected chi connectivity index (χ1v) is 9.72. The zero-order chi connectivity index (χ0) is 21.6. The Morgan fingerprint density at radius 2 is 1.79 bits per heavy atom. The van der Waals surface area contributed by atoms with Gasteiger partial charge in [-0.05, 0) is 53.7 Å². The highest BCUT2D eigenvalue weighted by Gasteiger charge is 2.42. The van der Waals surface area contributed by atoms with Gasteiger partial charge in [-0.15, -0.1) is 0 Å². The fourth-order valence-corrected chi connectivity index (χ4v) is 3.38. The molecule has 0 aliphatic carbocycles. The summed E-state index contributed by atoms with van der Waals surface area (Å²) < 4.78 is 12.3. The highest BCUT2D eigenvalue weighted by atomic mass is 16.6. The molecule has 1 N–H and O–H groups in total. The van der Waals surface area contributed by atoms with Gasteiger partial charge in [0, 0.05) is 23.0 Å². The average molecular weight is 400 g/mol. The van der Waals surface area contributed by atoms with Gasteiger partial charge in [-0.3, -0.25) is 9.59 Å². The maximum Gasteiger partial charge on any atom is 0.419 e. The lowest BCUT2D eigenvalue weighted by molar-refractivity contribution is -0.149. The van der Waals surface area contributed by atoms with Crippen molar-refractivity contribution in [3.63, 3.8) is 0 Å². The Kier molecular flexibility index (Phi) is 5.19. The van der Waals surface area contributed by atoms with Gasteiger partial charge >= 0.3 is 12.1 Å². The van der Waals surface area contributed by atoms with Gasteiger partial charge in [0.1, 0.15) is 11.5 Å². The molecular weight excluding hydrogens is 372 g/mol. The Labute approximate surface area is 170 Å². The van der Waals surface area contributed by atoms with Crippen molar-refractivity contribution < 1.29 is 23.9 Å². The molecule has 0 bridgehead atoms. The van der Waals surface area contributed by atoms with Crippen molar-refractivity contribution in [3.8, 4) is 0 Å². The number of carbonyl (C=O) groups excluding carboxylic acids is 3.